The number of ether oxygens (including phenoxy) is 1. The Kier molecular flexibility index (Phi) is 6.73. The molecular weight excluding hydrogens is 421 g/mol. The predicted octanol–water partition coefficient (Wildman–Crippen LogP) is 4.42. The monoisotopic (exact) mass is 445 g/mol. The van der Waals surface area contributed by atoms with Crippen molar-refractivity contribution in [3.05, 3.63) is 95.7 Å². The summed E-state index contributed by atoms with van der Waals surface area (Å²) in [5.74, 6) is 0.0467. The number of rotatable bonds is 8. The first kappa shape index (κ1) is 22.1. The van der Waals surface area contributed by atoms with Crippen LogP contribution in [0.2, 0.25) is 0 Å². The van der Waals surface area contributed by atoms with Crippen LogP contribution in [0.3, 0.4) is 0 Å². The fourth-order valence-electron chi connectivity index (χ4n) is 3.64. The Bertz CT molecular complexity index is 1230. The van der Waals surface area contributed by atoms with Crippen LogP contribution in [0.1, 0.15) is 41.0 Å². The van der Waals surface area contributed by atoms with Gasteiger partial charge < -0.3 is 10.1 Å². The molecule has 0 saturated heterocycles. The summed E-state index contributed by atoms with van der Waals surface area (Å²) in [6, 6.07) is 17.4. The molecule has 4 rings (SSSR count). The van der Waals surface area contributed by atoms with Crippen molar-refractivity contribution in [3.8, 4) is 17.0 Å². The standard InChI is InChI=1S/C25H24FN5O2/c1-3-22(17-8-10-20(33-2)11-9-17)28-25(32)23-24(18-12-14-27-15-13-18)31(30-29-23)16-19-6-4-5-7-21(19)26/h4-15,22H,3,16H2,1-2H3,(H,28,32). The van der Waals surface area contributed by atoms with Crippen molar-refractivity contribution < 1.29 is 13.9 Å². The molecule has 2 aromatic carbocycles. The highest BCUT2D eigenvalue weighted by Crippen LogP contribution is 2.25. The second kappa shape index (κ2) is 10.0. The van der Waals surface area contributed by atoms with E-state index in [9.17, 15) is 9.18 Å². The maximum absolute atomic E-state index is 14.3. The lowest BCUT2D eigenvalue weighted by Gasteiger charge is -2.17. The minimum atomic E-state index is -0.357. The fraction of sp³-hybridized carbons (Fsp3) is 0.200. The van der Waals surface area contributed by atoms with Gasteiger partial charge in [0.25, 0.3) is 5.91 Å². The maximum Gasteiger partial charge on any atom is 0.274 e. The van der Waals surface area contributed by atoms with E-state index in [1.165, 1.54) is 10.7 Å². The first-order valence-corrected chi connectivity index (χ1v) is 10.6. The van der Waals surface area contributed by atoms with Crippen LogP contribution < -0.4 is 10.1 Å². The largest absolute Gasteiger partial charge is 0.497 e. The lowest BCUT2D eigenvalue weighted by molar-refractivity contribution is 0.0931. The summed E-state index contributed by atoms with van der Waals surface area (Å²) in [5.41, 5.74) is 2.80. The SMILES string of the molecule is CCC(NC(=O)c1nnn(Cc2ccccc2F)c1-c1ccncc1)c1ccc(OC)cc1. The molecule has 0 radical (unpaired) electrons. The first-order valence-electron chi connectivity index (χ1n) is 10.6. The number of carbonyl (C=O) groups excluding carboxylic acids is 1. The Labute approximate surface area is 191 Å². The van der Waals surface area contributed by atoms with E-state index in [-0.39, 0.29) is 30.0 Å². The van der Waals surface area contributed by atoms with Gasteiger partial charge in [0.15, 0.2) is 5.69 Å². The molecule has 0 bridgehead atoms. The van der Waals surface area contributed by atoms with Crippen LogP contribution >= 0.6 is 0 Å². The smallest absolute Gasteiger partial charge is 0.274 e. The maximum atomic E-state index is 14.3. The first-order chi connectivity index (χ1) is 16.1. The summed E-state index contributed by atoms with van der Waals surface area (Å²) in [7, 11) is 1.61. The Morgan fingerprint density at radius 3 is 2.48 bits per heavy atom. The lowest BCUT2D eigenvalue weighted by atomic mass is 10.0. The van der Waals surface area contributed by atoms with Gasteiger partial charge in [-0.05, 0) is 42.3 Å². The van der Waals surface area contributed by atoms with E-state index in [0.717, 1.165) is 11.3 Å². The molecule has 7 nitrogen and oxygen atoms in total. The zero-order valence-electron chi connectivity index (χ0n) is 18.4. The van der Waals surface area contributed by atoms with Crippen molar-refractivity contribution in [2.45, 2.75) is 25.9 Å². The van der Waals surface area contributed by atoms with Crippen LogP contribution in [0.5, 0.6) is 5.75 Å². The van der Waals surface area contributed by atoms with Crippen molar-refractivity contribution in [1.29, 1.82) is 0 Å². The van der Waals surface area contributed by atoms with Crippen molar-refractivity contribution >= 4 is 5.91 Å². The van der Waals surface area contributed by atoms with E-state index < -0.39 is 0 Å². The number of carbonyl (C=O) groups is 1. The zero-order valence-corrected chi connectivity index (χ0v) is 18.4. The summed E-state index contributed by atoms with van der Waals surface area (Å²) < 4.78 is 21.0. The molecule has 0 fully saturated rings. The van der Waals surface area contributed by atoms with Crippen LogP contribution in [0.15, 0.2) is 73.1 Å². The number of amides is 1. The quantitative estimate of drug-likeness (QED) is 0.434. The number of nitrogens with one attached hydrogen (secondary N) is 1. The minimum absolute atomic E-state index is 0.139. The number of methoxy groups -OCH3 is 1. The van der Waals surface area contributed by atoms with E-state index >= 15 is 0 Å². The topological polar surface area (TPSA) is 81.9 Å². The average Bonchev–Trinajstić information content (AvgIpc) is 3.28. The van der Waals surface area contributed by atoms with Gasteiger partial charge in [-0.15, -0.1) is 5.10 Å². The molecule has 8 heteroatoms. The molecule has 0 aliphatic heterocycles. The minimum Gasteiger partial charge on any atom is -0.497 e. The van der Waals surface area contributed by atoms with Crippen molar-refractivity contribution in [2.24, 2.45) is 0 Å². The summed E-state index contributed by atoms with van der Waals surface area (Å²) >= 11 is 0. The Morgan fingerprint density at radius 2 is 1.82 bits per heavy atom. The molecule has 2 heterocycles. The summed E-state index contributed by atoms with van der Waals surface area (Å²) in [6.45, 7) is 2.13. The molecule has 1 amide bonds. The molecule has 0 saturated carbocycles. The highest BCUT2D eigenvalue weighted by atomic mass is 19.1. The molecule has 33 heavy (non-hydrogen) atoms. The second-order valence-corrected chi connectivity index (χ2v) is 7.48. The Balaban J connectivity index is 1.66. The fourth-order valence-corrected chi connectivity index (χ4v) is 3.64. The molecule has 1 unspecified atom stereocenters. The lowest BCUT2D eigenvalue weighted by Crippen LogP contribution is -2.29. The van der Waals surface area contributed by atoms with Gasteiger partial charge in [-0.25, -0.2) is 9.07 Å². The predicted molar refractivity (Wildman–Crippen MR) is 122 cm³/mol. The number of hydrogen-bond donors (Lipinski definition) is 1. The number of hydrogen-bond acceptors (Lipinski definition) is 5. The summed E-state index contributed by atoms with van der Waals surface area (Å²) in [4.78, 5) is 17.3. The zero-order chi connectivity index (χ0) is 23.2. The normalized spacial score (nSPS) is 11.7. The van der Waals surface area contributed by atoms with E-state index in [1.807, 2.05) is 31.2 Å². The third kappa shape index (κ3) is 4.90. The molecule has 0 aliphatic rings. The third-order valence-corrected chi connectivity index (χ3v) is 5.41. The highest BCUT2D eigenvalue weighted by Gasteiger charge is 2.24. The van der Waals surface area contributed by atoms with E-state index in [0.29, 0.717) is 23.2 Å². The molecule has 168 valence electrons. The van der Waals surface area contributed by atoms with E-state index in [4.69, 9.17) is 4.74 Å². The molecular formula is C25H24FN5O2. The van der Waals surface area contributed by atoms with Gasteiger partial charge in [0, 0.05) is 23.5 Å². The second-order valence-electron chi connectivity index (χ2n) is 7.48. The number of benzene rings is 2. The van der Waals surface area contributed by atoms with E-state index in [2.05, 4.69) is 20.6 Å². The Morgan fingerprint density at radius 1 is 1.09 bits per heavy atom. The average molecular weight is 445 g/mol. The van der Waals surface area contributed by atoms with Gasteiger partial charge >= 0.3 is 0 Å². The number of halogens is 1. The number of nitrogens with zero attached hydrogens (tertiary/aromatic N) is 4. The van der Waals surface area contributed by atoms with Gasteiger partial charge in [-0.1, -0.05) is 42.5 Å². The van der Waals surface area contributed by atoms with Crippen LogP contribution in [0, 0.1) is 5.82 Å². The van der Waals surface area contributed by atoms with Crippen molar-refractivity contribution in [3.63, 3.8) is 0 Å². The van der Waals surface area contributed by atoms with Crippen LogP contribution in [-0.4, -0.2) is 33.0 Å². The van der Waals surface area contributed by atoms with Gasteiger partial charge in [0.1, 0.15) is 17.3 Å². The van der Waals surface area contributed by atoms with Crippen LogP contribution in [-0.2, 0) is 6.54 Å². The third-order valence-electron chi connectivity index (χ3n) is 5.41. The molecule has 1 N–H and O–H groups in total. The summed E-state index contributed by atoms with van der Waals surface area (Å²) in [6.07, 6.45) is 3.94. The van der Waals surface area contributed by atoms with Crippen LogP contribution in [0.25, 0.3) is 11.3 Å². The molecule has 0 spiro atoms. The molecule has 1 atom stereocenters. The summed E-state index contributed by atoms with van der Waals surface area (Å²) in [5, 5.41) is 11.4. The van der Waals surface area contributed by atoms with E-state index in [1.54, 1.807) is 49.8 Å². The molecule has 0 aliphatic carbocycles. The van der Waals surface area contributed by atoms with Gasteiger partial charge in [-0.2, -0.15) is 0 Å². The Hall–Kier alpha value is -4.07. The van der Waals surface area contributed by atoms with Gasteiger partial charge in [0.05, 0.1) is 19.7 Å². The van der Waals surface area contributed by atoms with Gasteiger partial charge in [-0.3, -0.25) is 9.78 Å². The number of pyridine rings is 1. The molecule has 2 aromatic heterocycles. The van der Waals surface area contributed by atoms with Crippen molar-refractivity contribution in [2.75, 3.05) is 7.11 Å². The van der Waals surface area contributed by atoms with Gasteiger partial charge in [0.2, 0.25) is 0 Å². The number of aromatic nitrogens is 4. The van der Waals surface area contributed by atoms with Crippen molar-refractivity contribution in [1.82, 2.24) is 25.3 Å². The highest BCUT2D eigenvalue weighted by molar-refractivity contribution is 5.98. The molecule has 4 aromatic rings. The van der Waals surface area contributed by atoms with Crippen LogP contribution in [0.4, 0.5) is 4.39 Å².